The maximum Gasteiger partial charge on any atom is 0.193 e. The summed E-state index contributed by atoms with van der Waals surface area (Å²) >= 11 is 0. The van der Waals surface area contributed by atoms with Crippen molar-refractivity contribution in [2.75, 3.05) is 19.0 Å². The lowest BCUT2D eigenvalue weighted by Crippen LogP contribution is -2.23. The highest BCUT2D eigenvalue weighted by atomic mass is 127. The first-order valence-corrected chi connectivity index (χ1v) is 7.64. The van der Waals surface area contributed by atoms with Crippen molar-refractivity contribution in [2.45, 2.75) is 19.8 Å². The van der Waals surface area contributed by atoms with Crippen LogP contribution in [0.5, 0.6) is 11.5 Å². The molecule has 130 valence electrons. The molecule has 0 saturated heterocycles. The lowest BCUT2D eigenvalue weighted by Gasteiger charge is -2.09. The predicted octanol–water partition coefficient (Wildman–Crippen LogP) is 3.55. The molecule has 0 aromatic heterocycles. The summed E-state index contributed by atoms with van der Waals surface area (Å²) in [6.07, 6.45) is 1.56. The third-order valence-electron chi connectivity index (χ3n) is 3.57. The minimum absolute atomic E-state index is 0. The molecule has 2 aromatic rings. The molecule has 0 bridgehead atoms. The van der Waals surface area contributed by atoms with E-state index >= 15 is 0 Å². The number of nitrogens with two attached hydrogens (primary N) is 1. The maximum absolute atomic E-state index is 10.0. The van der Waals surface area contributed by atoms with Crippen molar-refractivity contribution in [1.29, 1.82) is 0 Å². The third-order valence-corrected chi connectivity index (χ3v) is 3.57. The van der Waals surface area contributed by atoms with Gasteiger partial charge in [0.2, 0.25) is 0 Å². The SMILES string of the molecule is CCc1cccc(NC(N)=NCCc2cccc(OC)c2O)c1.I. The van der Waals surface area contributed by atoms with Crippen molar-refractivity contribution in [1.82, 2.24) is 0 Å². The minimum Gasteiger partial charge on any atom is -0.504 e. The molecule has 2 rings (SSSR count). The first kappa shape index (κ1) is 20.1. The Balaban J connectivity index is 0.00000288. The van der Waals surface area contributed by atoms with Gasteiger partial charge in [0.05, 0.1) is 7.11 Å². The van der Waals surface area contributed by atoms with E-state index in [0.29, 0.717) is 24.7 Å². The van der Waals surface area contributed by atoms with Gasteiger partial charge in [-0.1, -0.05) is 31.2 Å². The highest BCUT2D eigenvalue weighted by Gasteiger charge is 2.06. The summed E-state index contributed by atoms with van der Waals surface area (Å²) in [6, 6.07) is 13.5. The summed E-state index contributed by atoms with van der Waals surface area (Å²) in [4.78, 5) is 4.30. The smallest absolute Gasteiger partial charge is 0.193 e. The van der Waals surface area contributed by atoms with Crippen molar-refractivity contribution in [3.63, 3.8) is 0 Å². The number of nitrogens with zero attached hydrogens (tertiary/aromatic N) is 1. The number of aryl methyl sites for hydroxylation is 1. The molecule has 0 atom stereocenters. The zero-order chi connectivity index (χ0) is 16.7. The number of aromatic hydroxyl groups is 1. The summed E-state index contributed by atoms with van der Waals surface area (Å²) < 4.78 is 5.09. The summed E-state index contributed by atoms with van der Waals surface area (Å²) in [6.45, 7) is 2.59. The van der Waals surface area contributed by atoms with Gasteiger partial charge in [0.25, 0.3) is 0 Å². The first-order chi connectivity index (χ1) is 11.1. The fourth-order valence-corrected chi connectivity index (χ4v) is 2.29. The minimum atomic E-state index is 0. The van der Waals surface area contributed by atoms with Crippen LogP contribution < -0.4 is 15.8 Å². The van der Waals surface area contributed by atoms with Crippen LogP contribution in [0.3, 0.4) is 0 Å². The van der Waals surface area contributed by atoms with Gasteiger partial charge >= 0.3 is 0 Å². The van der Waals surface area contributed by atoms with Crippen molar-refractivity contribution in [3.8, 4) is 11.5 Å². The topological polar surface area (TPSA) is 79.9 Å². The van der Waals surface area contributed by atoms with Gasteiger partial charge in [0.15, 0.2) is 17.5 Å². The van der Waals surface area contributed by atoms with Crippen LogP contribution in [0.25, 0.3) is 0 Å². The Morgan fingerprint density at radius 1 is 1.25 bits per heavy atom. The number of nitrogens with one attached hydrogen (secondary N) is 1. The Kier molecular flexibility index (Phi) is 8.39. The van der Waals surface area contributed by atoms with Crippen LogP contribution in [-0.2, 0) is 12.8 Å². The number of methoxy groups -OCH3 is 1. The molecule has 0 aliphatic carbocycles. The molecule has 0 spiro atoms. The van der Waals surface area contributed by atoms with Crippen molar-refractivity contribution in [3.05, 3.63) is 53.6 Å². The van der Waals surface area contributed by atoms with Gasteiger partial charge in [0.1, 0.15) is 0 Å². The van der Waals surface area contributed by atoms with Crippen LogP contribution in [0, 0.1) is 0 Å². The molecule has 5 nitrogen and oxygen atoms in total. The van der Waals surface area contributed by atoms with Crippen LogP contribution in [0.4, 0.5) is 5.69 Å². The monoisotopic (exact) mass is 441 g/mol. The Morgan fingerprint density at radius 2 is 2.00 bits per heavy atom. The van der Waals surface area contributed by atoms with Crippen LogP contribution in [0.1, 0.15) is 18.1 Å². The van der Waals surface area contributed by atoms with Crippen LogP contribution in [0.2, 0.25) is 0 Å². The van der Waals surface area contributed by atoms with E-state index in [1.807, 2.05) is 24.3 Å². The second kappa shape index (κ2) is 10.0. The second-order valence-electron chi connectivity index (χ2n) is 5.16. The molecule has 0 unspecified atom stereocenters. The third kappa shape index (κ3) is 5.59. The van der Waals surface area contributed by atoms with E-state index in [0.717, 1.165) is 17.7 Å². The summed E-state index contributed by atoms with van der Waals surface area (Å²) in [5.41, 5.74) is 8.86. The molecule has 24 heavy (non-hydrogen) atoms. The number of hydrogen-bond acceptors (Lipinski definition) is 3. The first-order valence-electron chi connectivity index (χ1n) is 7.64. The molecular weight excluding hydrogens is 417 g/mol. The highest BCUT2D eigenvalue weighted by Crippen LogP contribution is 2.29. The number of phenolic OH excluding ortho intramolecular Hbond substituents is 1. The number of phenols is 1. The van der Waals surface area contributed by atoms with E-state index in [2.05, 4.69) is 29.4 Å². The maximum atomic E-state index is 10.0. The normalized spacial score (nSPS) is 10.8. The number of para-hydroxylation sites is 1. The molecule has 0 aliphatic heterocycles. The predicted molar refractivity (Wildman–Crippen MR) is 110 cm³/mol. The van der Waals surface area contributed by atoms with Gasteiger partial charge in [-0.05, 0) is 42.2 Å². The summed E-state index contributed by atoms with van der Waals surface area (Å²) in [7, 11) is 1.53. The molecule has 6 heteroatoms. The lowest BCUT2D eigenvalue weighted by molar-refractivity contribution is 0.370. The fraction of sp³-hybridized carbons (Fsp3) is 0.278. The number of hydrogen-bond donors (Lipinski definition) is 3. The average molecular weight is 441 g/mol. The number of ether oxygens (including phenoxy) is 1. The Bertz CT molecular complexity index is 690. The number of rotatable bonds is 6. The molecule has 0 saturated carbocycles. The molecule has 0 aliphatic rings. The molecule has 0 heterocycles. The molecule has 4 N–H and O–H groups in total. The van der Waals surface area contributed by atoms with Gasteiger partial charge in [-0.25, -0.2) is 0 Å². The molecule has 0 radical (unpaired) electrons. The van der Waals surface area contributed by atoms with Crippen molar-refractivity contribution >= 4 is 35.6 Å². The van der Waals surface area contributed by atoms with Gasteiger partial charge in [-0.2, -0.15) is 0 Å². The average Bonchev–Trinajstić information content (AvgIpc) is 2.56. The Labute approximate surface area is 160 Å². The van der Waals surface area contributed by atoms with Crippen molar-refractivity contribution < 1.29 is 9.84 Å². The van der Waals surface area contributed by atoms with Gasteiger partial charge in [-0.3, -0.25) is 4.99 Å². The van der Waals surface area contributed by atoms with Gasteiger partial charge < -0.3 is 20.9 Å². The van der Waals surface area contributed by atoms with Gasteiger partial charge in [-0.15, -0.1) is 24.0 Å². The van der Waals surface area contributed by atoms with E-state index in [1.165, 1.54) is 12.7 Å². The van der Waals surface area contributed by atoms with Crippen LogP contribution in [0.15, 0.2) is 47.5 Å². The number of benzene rings is 2. The molecule has 0 fully saturated rings. The highest BCUT2D eigenvalue weighted by molar-refractivity contribution is 14.0. The van der Waals surface area contributed by atoms with E-state index in [1.54, 1.807) is 6.07 Å². The van der Waals surface area contributed by atoms with E-state index < -0.39 is 0 Å². The summed E-state index contributed by atoms with van der Waals surface area (Å²) in [5, 5.41) is 13.1. The number of halogens is 1. The Morgan fingerprint density at radius 3 is 2.71 bits per heavy atom. The lowest BCUT2D eigenvalue weighted by atomic mass is 10.1. The molecule has 0 amide bonds. The van der Waals surface area contributed by atoms with E-state index in [4.69, 9.17) is 10.5 Å². The van der Waals surface area contributed by atoms with Crippen LogP contribution in [-0.4, -0.2) is 24.7 Å². The standard InChI is InChI=1S/C18H23N3O2.HI/c1-3-13-6-4-8-15(12-13)21-18(19)20-11-10-14-7-5-9-16(23-2)17(14)22;/h4-9,12,22H,3,10-11H2,1-2H3,(H3,19,20,21);1H. The number of aliphatic imine (C=N–C) groups is 1. The quantitative estimate of drug-likeness (QED) is 0.364. The second-order valence-corrected chi connectivity index (χ2v) is 5.16. The van der Waals surface area contributed by atoms with Crippen molar-refractivity contribution in [2.24, 2.45) is 10.7 Å². The van der Waals surface area contributed by atoms with E-state index in [-0.39, 0.29) is 29.7 Å². The number of guanidine groups is 1. The largest absolute Gasteiger partial charge is 0.504 e. The number of anilines is 1. The van der Waals surface area contributed by atoms with Crippen LogP contribution >= 0.6 is 24.0 Å². The molecule has 2 aromatic carbocycles. The zero-order valence-electron chi connectivity index (χ0n) is 14.0. The van der Waals surface area contributed by atoms with Gasteiger partial charge in [0, 0.05) is 12.2 Å². The van der Waals surface area contributed by atoms with E-state index in [9.17, 15) is 5.11 Å². The molecular formula is C18H24IN3O2. The fourth-order valence-electron chi connectivity index (χ4n) is 2.29. The summed E-state index contributed by atoms with van der Waals surface area (Å²) in [5.74, 6) is 0.988. The Hall–Kier alpha value is -1.96. The zero-order valence-corrected chi connectivity index (χ0v) is 16.3.